The Labute approximate surface area is 172 Å². The standard InChI is InChI=1S/C21H17N3O4.ClH/c22-21(28)13-7-4-8-15-18(13)19-16(25)10-23-14(9-17(26)27)20(19)24(15)11-12-5-2-1-3-6-12;/h1-8H,9-11H2,(H2,22,28)(H,26,27);1H. The zero-order valence-electron chi connectivity index (χ0n) is 15.3. The number of carboxylic acid groups (broad SMARTS) is 1. The number of ketones is 1. The summed E-state index contributed by atoms with van der Waals surface area (Å²) in [5, 5.41) is 9.77. The summed E-state index contributed by atoms with van der Waals surface area (Å²) in [5.74, 6) is -1.93. The van der Waals surface area contributed by atoms with E-state index in [-0.39, 0.29) is 36.7 Å². The molecule has 7 nitrogen and oxygen atoms in total. The van der Waals surface area contributed by atoms with Crippen LogP contribution in [0.1, 0.15) is 38.4 Å². The second-order valence-corrected chi connectivity index (χ2v) is 6.62. The predicted molar refractivity (Wildman–Crippen MR) is 111 cm³/mol. The van der Waals surface area contributed by atoms with Crippen LogP contribution in [0.3, 0.4) is 0 Å². The van der Waals surface area contributed by atoms with Gasteiger partial charge in [0, 0.05) is 17.5 Å². The molecule has 0 saturated heterocycles. The van der Waals surface area contributed by atoms with Crippen molar-refractivity contribution in [2.45, 2.75) is 13.0 Å². The van der Waals surface area contributed by atoms with Gasteiger partial charge < -0.3 is 15.4 Å². The minimum atomic E-state index is -1.04. The molecular weight excluding hydrogens is 394 g/mol. The van der Waals surface area contributed by atoms with Crippen molar-refractivity contribution in [1.29, 1.82) is 0 Å². The highest BCUT2D eigenvalue weighted by Crippen LogP contribution is 2.33. The van der Waals surface area contributed by atoms with E-state index in [2.05, 4.69) is 4.99 Å². The zero-order valence-corrected chi connectivity index (χ0v) is 16.1. The van der Waals surface area contributed by atoms with Gasteiger partial charge in [-0.25, -0.2) is 0 Å². The third-order valence-corrected chi connectivity index (χ3v) is 4.82. The average Bonchev–Trinajstić information content (AvgIpc) is 3.00. The molecule has 3 N–H and O–H groups in total. The van der Waals surface area contributed by atoms with Gasteiger partial charge in [-0.2, -0.15) is 0 Å². The fraction of sp³-hybridized carbons (Fsp3) is 0.143. The Bertz CT molecular complexity index is 1170. The number of hydrogen-bond donors (Lipinski definition) is 2. The molecule has 0 bridgehead atoms. The van der Waals surface area contributed by atoms with E-state index >= 15 is 0 Å². The van der Waals surface area contributed by atoms with Crippen molar-refractivity contribution in [2.75, 3.05) is 6.54 Å². The van der Waals surface area contributed by atoms with Crippen molar-refractivity contribution in [3.05, 3.63) is 70.9 Å². The molecule has 3 aromatic rings. The molecular formula is C21H18ClN3O4. The van der Waals surface area contributed by atoms with E-state index in [0.717, 1.165) is 5.56 Å². The van der Waals surface area contributed by atoms with E-state index < -0.39 is 11.9 Å². The molecule has 1 amide bonds. The number of amides is 1. The van der Waals surface area contributed by atoms with Gasteiger partial charge in [0.1, 0.15) is 6.54 Å². The van der Waals surface area contributed by atoms with Gasteiger partial charge in [0.25, 0.3) is 0 Å². The number of carbonyl (C=O) groups is 3. The lowest BCUT2D eigenvalue weighted by molar-refractivity contribution is -0.135. The van der Waals surface area contributed by atoms with Crippen LogP contribution >= 0.6 is 12.4 Å². The molecule has 8 heteroatoms. The number of nitrogens with zero attached hydrogens (tertiary/aromatic N) is 2. The fourth-order valence-electron chi connectivity index (χ4n) is 3.71. The largest absolute Gasteiger partial charge is 0.481 e. The van der Waals surface area contributed by atoms with Gasteiger partial charge in [0.2, 0.25) is 5.91 Å². The number of aromatic nitrogens is 1. The number of aliphatic carboxylic acids is 1. The highest BCUT2D eigenvalue weighted by atomic mass is 35.5. The summed E-state index contributed by atoms with van der Waals surface area (Å²) in [7, 11) is 0. The lowest BCUT2D eigenvalue weighted by atomic mass is 9.96. The summed E-state index contributed by atoms with van der Waals surface area (Å²) in [6.07, 6.45) is -0.308. The average molecular weight is 412 g/mol. The summed E-state index contributed by atoms with van der Waals surface area (Å²) in [6.45, 7) is 0.258. The Kier molecular flexibility index (Phi) is 5.52. The number of benzene rings is 2. The van der Waals surface area contributed by atoms with Gasteiger partial charge in [0.15, 0.2) is 5.78 Å². The molecule has 4 rings (SSSR count). The number of primary amides is 1. The normalized spacial score (nSPS) is 12.8. The van der Waals surface area contributed by atoms with Crippen molar-refractivity contribution in [3.63, 3.8) is 0 Å². The number of rotatable bonds is 5. The number of carbonyl (C=O) groups excluding carboxylic acids is 2. The molecule has 0 aliphatic carbocycles. The maximum Gasteiger partial charge on any atom is 0.309 e. The summed E-state index contributed by atoms with van der Waals surface area (Å²) >= 11 is 0. The Morgan fingerprint density at radius 2 is 1.83 bits per heavy atom. The summed E-state index contributed by atoms with van der Waals surface area (Å²) < 4.78 is 1.85. The van der Waals surface area contributed by atoms with E-state index in [9.17, 15) is 19.5 Å². The number of carboxylic acids is 1. The Balaban J connectivity index is 0.00000240. The number of hydrogen-bond acceptors (Lipinski definition) is 4. The zero-order chi connectivity index (χ0) is 19.8. The van der Waals surface area contributed by atoms with Crippen molar-refractivity contribution >= 4 is 46.7 Å². The molecule has 1 aliphatic heterocycles. The third kappa shape index (κ3) is 3.52. The summed E-state index contributed by atoms with van der Waals surface area (Å²) in [6, 6.07) is 14.7. The van der Waals surface area contributed by atoms with Gasteiger partial charge in [-0.1, -0.05) is 36.4 Å². The lowest BCUT2D eigenvalue weighted by Gasteiger charge is -2.16. The Morgan fingerprint density at radius 1 is 1.10 bits per heavy atom. The van der Waals surface area contributed by atoms with Gasteiger partial charge in [-0.15, -0.1) is 12.4 Å². The van der Waals surface area contributed by atoms with Crippen LogP contribution in [-0.2, 0) is 11.3 Å². The first kappa shape index (κ1) is 20.3. The van der Waals surface area contributed by atoms with Crippen LogP contribution in [0.5, 0.6) is 0 Å². The molecule has 148 valence electrons. The molecule has 1 aliphatic rings. The first-order chi connectivity index (χ1) is 13.5. The maximum atomic E-state index is 12.8. The van der Waals surface area contributed by atoms with Crippen molar-refractivity contribution < 1.29 is 19.5 Å². The van der Waals surface area contributed by atoms with Crippen LogP contribution in [0.4, 0.5) is 0 Å². The number of nitrogens with two attached hydrogens (primary N) is 1. The van der Waals surface area contributed by atoms with Crippen LogP contribution in [0.15, 0.2) is 53.5 Å². The van der Waals surface area contributed by atoms with Gasteiger partial charge in [-0.05, 0) is 17.7 Å². The van der Waals surface area contributed by atoms with Gasteiger partial charge in [0.05, 0.1) is 28.9 Å². The van der Waals surface area contributed by atoms with Crippen LogP contribution in [-0.4, -0.2) is 39.6 Å². The highest BCUT2D eigenvalue weighted by Gasteiger charge is 2.31. The van der Waals surface area contributed by atoms with E-state index in [1.807, 2.05) is 34.9 Å². The Morgan fingerprint density at radius 3 is 2.48 bits per heavy atom. The second kappa shape index (κ2) is 7.89. The quantitative estimate of drug-likeness (QED) is 0.671. The number of halogens is 1. The first-order valence-electron chi connectivity index (χ1n) is 8.75. The summed E-state index contributed by atoms with van der Waals surface area (Å²) in [4.78, 5) is 40.3. The molecule has 0 fully saturated rings. The molecule has 0 saturated carbocycles. The van der Waals surface area contributed by atoms with Crippen molar-refractivity contribution in [2.24, 2.45) is 10.7 Å². The second-order valence-electron chi connectivity index (χ2n) is 6.62. The fourth-order valence-corrected chi connectivity index (χ4v) is 3.71. The van der Waals surface area contributed by atoms with Crippen LogP contribution in [0, 0.1) is 0 Å². The molecule has 0 radical (unpaired) electrons. The number of aliphatic imine (C=N–C) groups is 1. The van der Waals surface area contributed by atoms with E-state index in [1.165, 1.54) is 0 Å². The minimum absolute atomic E-state index is 0. The molecule has 1 aromatic heterocycles. The first-order valence-corrected chi connectivity index (χ1v) is 8.75. The maximum absolute atomic E-state index is 12.8. The molecule has 0 unspecified atom stereocenters. The highest BCUT2D eigenvalue weighted by molar-refractivity contribution is 6.26. The SMILES string of the molecule is Cl.NC(=O)c1cccc2c1c1c(n2Cc2ccccc2)C(CC(=O)O)=NCC1=O. The summed E-state index contributed by atoms with van der Waals surface area (Å²) in [5.41, 5.74) is 8.52. The number of Topliss-reactive ketones (excluding diaryl/α,β-unsaturated/α-hetero) is 1. The van der Waals surface area contributed by atoms with E-state index in [1.54, 1.807) is 18.2 Å². The van der Waals surface area contributed by atoms with Crippen molar-refractivity contribution in [1.82, 2.24) is 4.57 Å². The lowest BCUT2D eigenvalue weighted by Crippen LogP contribution is -2.24. The van der Waals surface area contributed by atoms with E-state index in [4.69, 9.17) is 5.73 Å². The number of fused-ring (bicyclic) bond motifs is 3. The molecule has 29 heavy (non-hydrogen) atoms. The van der Waals surface area contributed by atoms with E-state index in [0.29, 0.717) is 34.4 Å². The van der Waals surface area contributed by atoms with Crippen molar-refractivity contribution in [3.8, 4) is 0 Å². The predicted octanol–water partition coefficient (Wildman–Crippen LogP) is 2.67. The molecule has 2 aromatic carbocycles. The minimum Gasteiger partial charge on any atom is -0.481 e. The van der Waals surface area contributed by atoms with Crippen LogP contribution in [0.2, 0.25) is 0 Å². The Hall–Kier alpha value is -3.45. The topological polar surface area (TPSA) is 115 Å². The van der Waals surface area contributed by atoms with Crippen LogP contribution in [0.25, 0.3) is 10.9 Å². The van der Waals surface area contributed by atoms with Gasteiger partial charge in [-0.3, -0.25) is 19.4 Å². The molecule has 2 heterocycles. The molecule has 0 spiro atoms. The van der Waals surface area contributed by atoms with Crippen LogP contribution < -0.4 is 5.73 Å². The molecule has 0 atom stereocenters. The smallest absolute Gasteiger partial charge is 0.309 e. The van der Waals surface area contributed by atoms with Gasteiger partial charge >= 0.3 is 5.97 Å². The third-order valence-electron chi connectivity index (χ3n) is 4.82. The monoisotopic (exact) mass is 411 g/mol.